The summed E-state index contributed by atoms with van der Waals surface area (Å²) in [6.45, 7) is 8.81. The van der Waals surface area contributed by atoms with Crippen molar-refractivity contribution in [2.75, 3.05) is 39.3 Å². The van der Waals surface area contributed by atoms with Crippen molar-refractivity contribution in [1.82, 2.24) is 15.1 Å². The van der Waals surface area contributed by atoms with Gasteiger partial charge in [0.25, 0.3) is 0 Å². The monoisotopic (exact) mass is 323 g/mol. The highest BCUT2D eigenvalue weighted by Gasteiger charge is 2.31. The minimum Gasteiger partial charge on any atom is -0.393 e. The molecule has 1 aromatic heterocycles. The van der Waals surface area contributed by atoms with Gasteiger partial charge in [-0.1, -0.05) is 13.0 Å². The Kier molecular flexibility index (Phi) is 5.88. The van der Waals surface area contributed by atoms with Crippen LogP contribution in [0.3, 0.4) is 0 Å². The lowest BCUT2D eigenvalue weighted by Gasteiger charge is -2.43. The van der Waals surface area contributed by atoms with E-state index in [4.69, 9.17) is 0 Å². The fraction of sp³-hybridized carbons (Fsp3) is 0.765. The van der Waals surface area contributed by atoms with E-state index < -0.39 is 0 Å². The SMILES string of the molecule is CCC1CNCCN1C(CN1CCC(O)CC1)c1cccs1. The maximum atomic E-state index is 9.73. The number of aliphatic hydroxyl groups excluding tert-OH is 1. The van der Waals surface area contributed by atoms with Crippen molar-refractivity contribution in [3.8, 4) is 0 Å². The average Bonchev–Trinajstić information content (AvgIpc) is 3.08. The molecule has 2 N–H and O–H groups in total. The fourth-order valence-electron chi connectivity index (χ4n) is 3.75. The number of nitrogens with one attached hydrogen (secondary N) is 1. The van der Waals surface area contributed by atoms with Gasteiger partial charge in [-0.15, -0.1) is 11.3 Å². The maximum absolute atomic E-state index is 9.73. The Morgan fingerprint density at radius 3 is 2.86 bits per heavy atom. The van der Waals surface area contributed by atoms with Gasteiger partial charge in [0.15, 0.2) is 0 Å². The van der Waals surface area contributed by atoms with E-state index in [1.165, 1.54) is 11.3 Å². The highest BCUT2D eigenvalue weighted by molar-refractivity contribution is 7.10. The van der Waals surface area contributed by atoms with Crippen molar-refractivity contribution in [3.63, 3.8) is 0 Å². The summed E-state index contributed by atoms with van der Waals surface area (Å²) in [7, 11) is 0. The van der Waals surface area contributed by atoms with E-state index in [2.05, 4.69) is 39.6 Å². The van der Waals surface area contributed by atoms with Crippen LogP contribution < -0.4 is 5.32 Å². The van der Waals surface area contributed by atoms with E-state index in [0.29, 0.717) is 12.1 Å². The molecule has 0 bridgehead atoms. The Hall–Kier alpha value is -0.460. The zero-order valence-corrected chi connectivity index (χ0v) is 14.4. The Morgan fingerprint density at radius 2 is 2.18 bits per heavy atom. The van der Waals surface area contributed by atoms with Gasteiger partial charge < -0.3 is 15.3 Å². The lowest BCUT2D eigenvalue weighted by Crippen LogP contribution is -2.54. The second-order valence-corrected chi connectivity index (χ2v) is 7.55. The third kappa shape index (κ3) is 3.89. The second-order valence-electron chi connectivity index (χ2n) is 6.57. The van der Waals surface area contributed by atoms with Gasteiger partial charge in [-0.2, -0.15) is 0 Å². The number of piperazine rings is 1. The standard InChI is InChI=1S/C17H29N3OS/c1-2-14-12-18-7-10-20(14)16(17-4-3-11-22-17)13-19-8-5-15(21)6-9-19/h3-4,11,14-16,18,21H,2,5-10,12-13H2,1H3. The minimum absolute atomic E-state index is 0.0842. The number of hydrogen-bond donors (Lipinski definition) is 2. The molecule has 3 rings (SSSR count). The van der Waals surface area contributed by atoms with Crippen LogP contribution in [0.1, 0.15) is 37.1 Å². The molecule has 0 amide bonds. The van der Waals surface area contributed by atoms with Gasteiger partial charge in [-0.05, 0) is 30.7 Å². The van der Waals surface area contributed by atoms with E-state index >= 15 is 0 Å². The predicted molar refractivity (Wildman–Crippen MR) is 92.4 cm³/mol. The van der Waals surface area contributed by atoms with Gasteiger partial charge in [0.05, 0.1) is 12.1 Å². The van der Waals surface area contributed by atoms with Crippen LogP contribution in [0, 0.1) is 0 Å². The number of rotatable bonds is 5. The van der Waals surface area contributed by atoms with Crippen molar-refractivity contribution in [1.29, 1.82) is 0 Å². The molecule has 2 unspecified atom stereocenters. The Labute approximate surface area is 138 Å². The predicted octanol–water partition coefficient (Wildman–Crippen LogP) is 1.93. The van der Waals surface area contributed by atoms with Gasteiger partial charge in [0.2, 0.25) is 0 Å². The van der Waals surface area contributed by atoms with Crippen molar-refractivity contribution in [2.45, 2.75) is 44.4 Å². The number of piperidine rings is 1. The molecule has 2 saturated heterocycles. The van der Waals surface area contributed by atoms with Crippen LogP contribution in [-0.2, 0) is 0 Å². The zero-order chi connectivity index (χ0) is 15.4. The largest absolute Gasteiger partial charge is 0.393 e. The molecule has 0 aliphatic carbocycles. The molecule has 0 aromatic carbocycles. The zero-order valence-electron chi connectivity index (χ0n) is 13.6. The van der Waals surface area contributed by atoms with Gasteiger partial charge in [0.1, 0.15) is 0 Å². The van der Waals surface area contributed by atoms with Crippen LogP contribution in [0.15, 0.2) is 17.5 Å². The van der Waals surface area contributed by atoms with Crippen LogP contribution in [0.2, 0.25) is 0 Å². The Balaban J connectivity index is 1.72. The summed E-state index contributed by atoms with van der Waals surface area (Å²) in [4.78, 5) is 6.76. The lowest BCUT2D eigenvalue weighted by molar-refractivity contribution is 0.0428. The number of hydrogen-bond acceptors (Lipinski definition) is 5. The normalized spacial score (nSPS) is 27.1. The molecule has 0 radical (unpaired) electrons. The summed E-state index contributed by atoms with van der Waals surface area (Å²) >= 11 is 1.89. The first kappa shape index (κ1) is 16.4. The smallest absolute Gasteiger partial charge is 0.0572 e. The summed E-state index contributed by atoms with van der Waals surface area (Å²) in [6, 6.07) is 5.61. The van der Waals surface area contributed by atoms with Gasteiger partial charge in [0, 0.05) is 50.2 Å². The summed E-state index contributed by atoms with van der Waals surface area (Å²) in [5.74, 6) is 0. The van der Waals surface area contributed by atoms with E-state index in [1.54, 1.807) is 0 Å². The Morgan fingerprint density at radius 1 is 1.36 bits per heavy atom. The van der Waals surface area contributed by atoms with E-state index in [0.717, 1.165) is 52.1 Å². The van der Waals surface area contributed by atoms with Crippen LogP contribution in [0.4, 0.5) is 0 Å². The number of aliphatic hydroxyl groups is 1. The average molecular weight is 324 g/mol. The number of thiophene rings is 1. The molecule has 0 spiro atoms. The van der Waals surface area contributed by atoms with Gasteiger partial charge in [-0.25, -0.2) is 0 Å². The molecular formula is C17H29N3OS. The number of nitrogens with zero attached hydrogens (tertiary/aromatic N) is 2. The quantitative estimate of drug-likeness (QED) is 0.868. The van der Waals surface area contributed by atoms with Crippen molar-refractivity contribution < 1.29 is 5.11 Å². The molecular weight excluding hydrogens is 294 g/mol. The molecule has 2 fully saturated rings. The third-order valence-electron chi connectivity index (χ3n) is 5.13. The van der Waals surface area contributed by atoms with E-state index in [-0.39, 0.29) is 6.10 Å². The van der Waals surface area contributed by atoms with E-state index in [1.807, 2.05) is 11.3 Å². The van der Waals surface area contributed by atoms with Gasteiger partial charge in [-0.3, -0.25) is 4.90 Å². The molecule has 2 aliphatic rings. The molecule has 4 nitrogen and oxygen atoms in total. The molecule has 2 aliphatic heterocycles. The summed E-state index contributed by atoms with van der Waals surface area (Å²) < 4.78 is 0. The third-order valence-corrected chi connectivity index (χ3v) is 6.10. The van der Waals surface area contributed by atoms with Crippen molar-refractivity contribution >= 4 is 11.3 Å². The van der Waals surface area contributed by atoms with Crippen LogP contribution in [0.25, 0.3) is 0 Å². The molecule has 0 saturated carbocycles. The van der Waals surface area contributed by atoms with Gasteiger partial charge >= 0.3 is 0 Å². The highest BCUT2D eigenvalue weighted by Crippen LogP contribution is 2.30. The second kappa shape index (κ2) is 7.88. The fourth-order valence-corrected chi connectivity index (χ4v) is 4.59. The van der Waals surface area contributed by atoms with Crippen LogP contribution >= 0.6 is 11.3 Å². The van der Waals surface area contributed by atoms with Crippen LogP contribution in [0.5, 0.6) is 0 Å². The summed E-state index contributed by atoms with van der Waals surface area (Å²) in [5.41, 5.74) is 0. The first-order valence-corrected chi connectivity index (χ1v) is 9.56. The Bertz CT molecular complexity index is 431. The van der Waals surface area contributed by atoms with Crippen molar-refractivity contribution in [2.24, 2.45) is 0 Å². The molecule has 1 aromatic rings. The van der Waals surface area contributed by atoms with E-state index in [9.17, 15) is 5.11 Å². The first-order chi connectivity index (χ1) is 10.8. The molecule has 22 heavy (non-hydrogen) atoms. The molecule has 5 heteroatoms. The topological polar surface area (TPSA) is 38.7 Å². The maximum Gasteiger partial charge on any atom is 0.0572 e. The minimum atomic E-state index is -0.0842. The first-order valence-electron chi connectivity index (χ1n) is 8.68. The number of likely N-dealkylation sites (tertiary alicyclic amines) is 1. The van der Waals surface area contributed by atoms with Crippen molar-refractivity contribution in [3.05, 3.63) is 22.4 Å². The molecule has 124 valence electrons. The summed E-state index contributed by atoms with van der Waals surface area (Å²) in [5, 5.41) is 15.5. The molecule has 2 atom stereocenters. The van der Waals surface area contributed by atoms with Crippen LogP contribution in [-0.4, -0.2) is 66.3 Å². The lowest BCUT2D eigenvalue weighted by atomic mass is 10.0. The summed E-state index contributed by atoms with van der Waals surface area (Å²) in [6.07, 6.45) is 2.97. The molecule has 3 heterocycles. The highest BCUT2D eigenvalue weighted by atomic mass is 32.1.